The number of rotatable bonds is 2. The predicted molar refractivity (Wildman–Crippen MR) is 102 cm³/mol. The molecule has 0 saturated heterocycles. The van der Waals surface area contributed by atoms with Gasteiger partial charge in [0.05, 0.1) is 5.39 Å². The minimum absolute atomic E-state index is 0.588. The highest BCUT2D eigenvalue weighted by atomic mass is 79.9. The summed E-state index contributed by atoms with van der Waals surface area (Å²) in [4.78, 5) is 11.6. The summed E-state index contributed by atoms with van der Waals surface area (Å²) in [6, 6.07) is 8.13. The Hall–Kier alpha value is -1.23. The first kappa shape index (κ1) is 15.3. The minimum Gasteiger partial charge on any atom is -0.218 e. The summed E-state index contributed by atoms with van der Waals surface area (Å²) in [5.74, 6) is 0.670. The molecule has 116 valence electrons. The molecule has 2 nitrogen and oxygen atoms in total. The molecule has 1 aliphatic rings. The molecular formula is C18H14BrClN2S. The molecule has 1 aromatic carbocycles. The third-order valence-electron chi connectivity index (χ3n) is 4.08. The van der Waals surface area contributed by atoms with Crippen LogP contribution in [-0.4, -0.2) is 9.97 Å². The Kier molecular flexibility index (Phi) is 4.22. The summed E-state index contributed by atoms with van der Waals surface area (Å²) in [7, 11) is 0. The molecule has 0 N–H and O–H groups in total. The number of hydrogen-bond donors (Lipinski definition) is 0. The predicted octanol–water partition coefficient (Wildman–Crippen LogP) is 6.16. The Morgan fingerprint density at radius 1 is 1.04 bits per heavy atom. The van der Waals surface area contributed by atoms with Crippen LogP contribution in [0, 0.1) is 0 Å². The van der Waals surface area contributed by atoms with E-state index >= 15 is 0 Å². The highest BCUT2D eigenvalue weighted by molar-refractivity contribution is 9.10. The smallest absolute Gasteiger partial charge is 0.155 e. The van der Waals surface area contributed by atoms with Crippen LogP contribution in [0.3, 0.4) is 0 Å². The van der Waals surface area contributed by atoms with Crippen LogP contribution in [0.4, 0.5) is 0 Å². The number of fused-ring (bicyclic) bond motifs is 3. The standard InChI is InChI=1S/C18H14BrClN2S/c19-12-8-5-11(6-9-12)7-10-15-21-17(20)16-13-3-1-2-4-14(13)23-18(16)22-15/h5-10H,1-4H2/b10-7+. The van der Waals surface area contributed by atoms with E-state index in [1.54, 1.807) is 11.3 Å². The first-order chi connectivity index (χ1) is 11.2. The quantitative estimate of drug-likeness (QED) is 0.477. The van der Waals surface area contributed by atoms with Gasteiger partial charge in [-0.3, -0.25) is 0 Å². The lowest BCUT2D eigenvalue weighted by Gasteiger charge is -2.10. The molecule has 0 saturated carbocycles. The van der Waals surface area contributed by atoms with Crippen LogP contribution in [0.5, 0.6) is 0 Å². The van der Waals surface area contributed by atoms with Gasteiger partial charge in [-0.05, 0) is 55.0 Å². The molecule has 2 heterocycles. The molecule has 0 atom stereocenters. The fourth-order valence-corrected chi connectivity index (χ4v) is 4.83. The van der Waals surface area contributed by atoms with Crippen LogP contribution >= 0.6 is 38.9 Å². The van der Waals surface area contributed by atoms with Crippen molar-refractivity contribution in [3.05, 3.63) is 55.7 Å². The third-order valence-corrected chi connectivity index (χ3v) is 6.07. The molecule has 0 bridgehead atoms. The molecule has 0 amide bonds. The number of aryl methyl sites for hydroxylation is 2. The number of hydrogen-bond acceptors (Lipinski definition) is 3. The lowest BCUT2D eigenvalue weighted by molar-refractivity contribution is 0.700. The van der Waals surface area contributed by atoms with E-state index in [1.807, 2.05) is 36.4 Å². The maximum Gasteiger partial charge on any atom is 0.155 e. The molecule has 0 fully saturated rings. The van der Waals surface area contributed by atoms with E-state index < -0.39 is 0 Å². The normalized spacial score (nSPS) is 14.5. The SMILES string of the molecule is Clc1nc(/C=C/c2ccc(Br)cc2)nc2sc3c(c12)CCCC3. The van der Waals surface area contributed by atoms with Gasteiger partial charge in [-0.2, -0.15) is 0 Å². The zero-order valence-corrected chi connectivity index (χ0v) is 15.5. The number of aromatic nitrogens is 2. The van der Waals surface area contributed by atoms with Gasteiger partial charge in [-0.1, -0.05) is 45.7 Å². The summed E-state index contributed by atoms with van der Waals surface area (Å²) >= 11 is 11.7. The number of benzene rings is 1. The van der Waals surface area contributed by atoms with Gasteiger partial charge in [0.1, 0.15) is 9.98 Å². The summed E-state index contributed by atoms with van der Waals surface area (Å²) in [6.07, 6.45) is 8.69. The summed E-state index contributed by atoms with van der Waals surface area (Å²) in [6.45, 7) is 0. The van der Waals surface area contributed by atoms with Gasteiger partial charge in [-0.15, -0.1) is 11.3 Å². The van der Waals surface area contributed by atoms with Gasteiger partial charge in [0.2, 0.25) is 0 Å². The Morgan fingerprint density at radius 2 is 1.83 bits per heavy atom. The van der Waals surface area contributed by atoms with E-state index in [-0.39, 0.29) is 0 Å². The second-order valence-corrected chi connectivity index (χ2v) is 8.01. The van der Waals surface area contributed by atoms with Crippen molar-refractivity contribution in [2.45, 2.75) is 25.7 Å². The van der Waals surface area contributed by atoms with Crippen molar-refractivity contribution in [2.24, 2.45) is 0 Å². The first-order valence-electron chi connectivity index (χ1n) is 7.62. The fraction of sp³-hybridized carbons (Fsp3) is 0.222. The maximum atomic E-state index is 6.46. The Morgan fingerprint density at radius 3 is 2.65 bits per heavy atom. The number of halogens is 2. The van der Waals surface area contributed by atoms with E-state index in [4.69, 9.17) is 16.6 Å². The lowest BCUT2D eigenvalue weighted by Crippen LogP contribution is -1.98. The zero-order chi connectivity index (χ0) is 15.8. The van der Waals surface area contributed by atoms with Crippen LogP contribution in [0.15, 0.2) is 28.7 Å². The molecule has 4 rings (SSSR count). The Labute approximate surface area is 152 Å². The van der Waals surface area contributed by atoms with Crippen molar-refractivity contribution in [3.8, 4) is 0 Å². The summed E-state index contributed by atoms with van der Waals surface area (Å²) in [5.41, 5.74) is 2.49. The molecular weight excluding hydrogens is 392 g/mol. The molecule has 23 heavy (non-hydrogen) atoms. The van der Waals surface area contributed by atoms with Gasteiger partial charge in [0, 0.05) is 9.35 Å². The van der Waals surface area contributed by atoms with Crippen molar-refractivity contribution in [2.75, 3.05) is 0 Å². The van der Waals surface area contributed by atoms with Crippen molar-refractivity contribution in [1.29, 1.82) is 0 Å². The minimum atomic E-state index is 0.588. The van der Waals surface area contributed by atoms with Crippen LogP contribution in [0.1, 0.15) is 34.7 Å². The molecule has 0 spiro atoms. The second-order valence-electron chi connectivity index (χ2n) is 5.65. The third kappa shape index (κ3) is 3.08. The van der Waals surface area contributed by atoms with Crippen LogP contribution in [0.25, 0.3) is 22.4 Å². The van der Waals surface area contributed by atoms with E-state index in [2.05, 4.69) is 20.9 Å². The monoisotopic (exact) mass is 404 g/mol. The van der Waals surface area contributed by atoms with Gasteiger partial charge in [0.15, 0.2) is 5.82 Å². The molecule has 0 unspecified atom stereocenters. The van der Waals surface area contributed by atoms with Gasteiger partial charge < -0.3 is 0 Å². The average molecular weight is 406 g/mol. The lowest BCUT2D eigenvalue weighted by atomic mass is 9.97. The van der Waals surface area contributed by atoms with E-state index in [1.165, 1.54) is 23.3 Å². The van der Waals surface area contributed by atoms with Crippen LogP contribution in [-0.2, 0) is 12.8 Å². The zero-order valence-electron chi connectivity index (χ0n) is 12.4. The molecule has 5 heteroatoms. The average Bonchev–Trinajstić information content (AvgIpc) is 2.93. The van der Waals surface area contributed by atoms with Crippen molar-refractivity contribution in [1.82, 2.24) is 9.97 Å². The van der Waals surface area contributed by atoms with Gasteiger partial charge >= 0.3 is 0 Å². The highest BCUT2D eigenvalue weighted by Crippen LogP contribution is 2.38. The van der Waals surface area contributed by atoms with E-state index in [9.17, 15) is 0 Å². The Bertz CT molecular complexity index is 900. The second kappa shape index (κ2) is 6.34. The van der Waals surface area contributed by atoms with Gasteiger partial charge in [0.25, 0.3) is 0 Å². The number of nitrogens with zero attached hydrogens (tertiary/aromatic N) is 2. The molecule has 2 aromatic heterocycles. The van der Waals surface area contributed by atoms with Crippen molar-refractivity contribution < 1.29 is 0 Å². The Balaban J connectivity index is 1.72. The molecule has 0 radical (unpaired) electrons. The molecule has 0 aliphatic heterocycles. The summed E-state index contributed by atoms with van der Waals surface area (Å²) < 4.78 is 1.07. The topological polar surface area (TPSA) is 25.8 Å². The maximum absolute atomic E-state index is 6.46. The van der Waals surface area contributed by atoms with Crippen LogP contribution in [0.2, 0.25) is 5.15 Å². The van der Waals surface area contributed by atoms with Crippen molar-refractivity contribution >= 4 is 61.2 Å². The van der Waals surface area contributed by atoms with Crippen molar-refractivity contribution in [3.63, 3.8) is 0 Å². The van der Waals surface area contributed by atoms with Crippen LogP contribution < -0.4 is 0 Å². The van der Waals surface area contributed by atoms with E-state index in [0.717, 1.165) is 33.1 Å². The first-order valence-corrected chi connectivity index (χ1v) is 9.61. The fourth-order valence-electron chi connectivity index (χ4n) is 2.95. The number of thiophene rings is 1. The largest absolute Gasteiger partial charge is 0.218 e. The molecule has 1 aliphatic carbocycles. The summed E-state index contributed by atoms with van der Waals surface area (Å²) in [5, 5.41) is 1.66. The molecule has 3 aromatic rings. The highest BCUT2D eigenvalue weighted by Gasteiger charge is 2.19. The van der Waals surface area contributed by atoms with Gasteiger partial charge in [-0.25, -0.2) is 9.97 Å². The van der Waals surface area contributed by atoms with E-state index in [0.29, 0.717) is 11.0 Å².